The predicted molar refractivity (Wildman–Crippen MR) is 91.8 cm³/mol. The molecule has 0 aliphatic carbocycles. The summed E-state index contributed by atoms with van der Waals surface area (Å²) >= 11 is 1.28. The summed E-state index contributed by atoms with van der Waals surface area (Å²) < 4.78 is 55.9. The zero-order valence-corrected chi connectivity index (χ0v) is 15.1. The second-order valence-electron chi connectivity index (χ2n) is 6.31. The van der Waals surface area contributed by atoms with Gasteiger partial charge in [-0.3, -0.25) is 4.79 Å². The number of hydrogen-bond donors (Lipinski definition) is 0. The third-order valence-corrected chi connectivity index (χ3v) is 5.64. The van der Waals surface area contributed by atoms with Crippen LogP contribution in [0.25, 0.3) is 10.7 Å². The number of benzene rings is 1. The maximum Gasteiger partial charge on any atom is 0.471 e. The van der Waals surface area contributed by atoms with Gasteiger partial charge in [-0.1, -0.05) is 23.4 Å². The number of carbonyl (C=O) groups excluding carboxylic acids is 1. The minimum absolute atomic E-state index is 0.0429. The second-order valence-corrected chi connectivity index (χ2v) is 7.45. The minimum Gasteiger partial charge on any atom is -0.338 e. The number of halogens is 4. The average molecular weight is 411 g/mol. The first-order valence-electron chi connectivity index (χ1n) is 8.35. The molecule has 1 aliphatic rings. The van der Waals surface area contributed by atoms with Crippen LogP contribution in [-0.4, -0.2) is 27.5 Å². The largest absolute Gasteiger partial charge is 0.471 e. The summed E-state index contributed by atoms with van der Waals surface area (Å²) in [5.41, 5.74) is 1.15. The Kier molecular flexibility index (Phi) is 4.66. The molecule has 0 spiro atoms. The third-order valence-electron chi connectivity index (χ3n) is 4.41. The molecule has 3 aromatic rings. The predicted octanol–water partition coefficient (Wildman–Crippen LogP) is 4.08. The number of fused-ring (bicyclic) bond motifs is 1. The molecule has 10 heteroatoms. The molecule has 1 amide bonds. The van der Waals surface area contributed by atoms with Crippen molar-refractivity contribution in [1.82, 2.24) is 15.0 Å². The van der Waals surface area contributed by atoms with Crippen LogP contribution in [-0.2, 0) is 30.4 Å². The average Bonchev–Trinajstić information content (AvgIpc) is 3.29. The van der Waals surface area contributed by atoms with Crippen molar-refractivity contribution < 1.29 is 26.9 Å². The number of aromatic nitrogens is 2. The number of hydrogen-bond acceptors (Lipinski definition) is 5. The van der Waals surface area contributed by atoms with Crippen LogP contribution in [0.3, 0.4) is 0 Å². The fraction of sp³-hybridized carbons (Fsp3) is 0.278. The maximum absolute atomic E-state index is 13.8. The summed E-state index contributed by atoms with van der Waals surface area (Å²) in [5.74, 6) is -2.15. The minimum atomic E-state index is -4.70. The van der Waals surface area contributed by atoms with Crippen molar-refractivity contribution >= 4 is 17.2 Å². The van der Waals surface area contributed by atoms with E-state index in [2.05, 4.69) is 14.7 Å². The molecular weight excluding hydrogens is 398 g/mol. The van der Waals surface area contributed by atoms with E-state index in [9.17, 15) is 22.4 Å². The van der Waals surface area contributed by atoms with Crippen molar-refractivity contribution in [2.24, 2.45) is 0 Å². The van der Waals surface area contributed by atoms with Crippen molar-refractivity contribution in [2.75, 3.05) is 6.54 Å². The van der Waals surface area contributed by atoms with E-state index >= 15 is 0 Å². The molecular formula is C18H13F4N3O2S. The lowest BCUT2D eigenvalue weighted by Gasteiger charge is -2.27. The summed E-state index contributed by atoms with van der Waals surface area (Å²) in [6, 6.07) is 7.78. The molecule has 0 saturated carbocycles. The SMILES string of the molecule is O=C(Cc1ccccc1F)N1CCc2sc(-c3noc(C(F)(F)F)n3)cc2C1. The molecule has 0 N–H and O–H groups in total. The lowest BCUT2D eigenvalue weighted by molar-refractivity contribution is -0.159. The Morgan fingerprint density at radius 1 is 1.29 bits per heavy atom. The number of carbonyl (C=O) groups is 1. The Morgan fingerprint density at radius 2 is 2.07 bits per heavy atom. The molecule has 0 saturated heterocycles. The molecule has 3 heterocycles. The molecule has 4 rings (SSSR count). The number of nitrogens with zero attached hydrogens (tertiary/aromatic N) is 3. The molecule has 0 unspecified atom stereocenters. The molecule has 28 heavy (non-hydrogen) atoms. The zero-order chi connectivity index (χ0) is 19.9. The van der Waals surface area contributed by atoms with Crippen LogP contribution >= 0.6 is 11.3 Å². The smallest absolute Gasteiger partial charge is 0.338 e. The number of thiophene rings is 1. The molecule has 1 aromatic carbocycles. The molecule has 0 radical (unpaired) electrons. The number of alkyl halides is 3. The number of amides is 1. The second kappa shape index (κ2) is 7.01. The van der Waals surface area contributed by atoms with Gasteiger partial charge in [0.25, 0.3) is 0 Å². The molecule has 0 fully saturated rings. The molecule has 5 nitrogen and oxygen atoms in total. The van der Waals surface area contributed by atoms with Gasteiger partial charge in [0.1, 0.15) is 5.82 Å². The Hall–Kier alpha value is -2.75. The Labute approximate surface area is 160 Å². The lowest BCUT2D eigenvalue weighted by atomic mass is 10.1. The first-order valence-corrected chi connectivity index (χ1v) is 9.17. The van der Waals surface area contributed by atoms with Gasteiger partial charge >= 0.3 is 12.1 Å². The third kappa shape index (κ3) is 3.64. The summed E-state index contributed by atoms with van der Waals surface area (Å²) in [6.45, 7) is 0.767. The Balaban J connectivity index is 1.49. The quantitative estimate of drug-likeness (QED) is 0.610. The standard InChI is InChI=1S/C18H13F4N3O2S/c19-12-4-2-1-3-10(12)8-15(26)25-6-5-13-11(9-25)7-14(28-13)16-23-17(27-24-16)18(20,21)22/h1-4,7H,5-6,8-9H2. The van der Waals surface area contributed by atoms with Crippen molar-refractivity contribution in [3.63, 3.8) is 0 Å². The van der Waals surface area contributed by atoms with Gasteiger partial charge in [0.2, 0.25) is 11.7 Å². The van der Waals surface area contributed by atoms with E-state index in [4.69, 9.17) is 0 Å². The van der Waals surface area contributed by atoms with Crippen LogP contribution in [0.5, 0.6) is 0 Å². The molecule has 0 bridgehead atoms. The molecule has 146 valence electrons. The highest BCUT2D eigenvalue weighted by molar-refractivity contribution is 7.15. The van der Waals surface area contributed by atoms with Gasteiger partial charge in [0, 0.05) is 18.0 Å². The highest BCUT2D eigenvalue weighted by atomic mass is 32.1. The molecule has 1 aliphatic heterocycles. The van der Waals surface area contributed by atoms with Crippen LogP contribution in [0.2, 0.25) is 0 Å². The zero-order valence-electron chi connectivity index (χ0n) is 14.3. The first kappa shape index (κ1) is 18.6. The van der Waals surface area contributed by atoms with E-state index < -0.39 is 17.9 Å². The van der Waals surface area contributed by atoms with E-state index in [0.717, 1.165) is 10.4 Å². The van der Waals surface area contributed by atoms with Crippen molar-refractivity contribution in [3.05, 3.63) is 58.0 Å². The fourth-order valence-electron chi connectivity index (χ4n) is 3.01. The van der Waals surface area contributed by atoms with Gasteiger partial charge in [-0.05, 0) is 29.7 Å². The van der Waals surface area contributed by atoms with E-state index in [0.29, 0.717) is 30.0 Å². The van der Waals surface area contributed by atoms with Gasteiger partial charge in [-0.25, -0.2) is 4.39 Å². The van der Waals surface area contributed by atoms with Gasteiger partial charge in [-0.2, -0.15) is 18.2 Å². The normalized spacial score (nSPS) is 14.2. The maximum atomic E-state index is 13.8. The topological polar surface area (TPSA) is 59.2 Å². The monoisotopic (exact) mass is 411 g/mol. The van der Waals surface area contributed by atoms with Crippen LogP contribution in [0.15, 0.2) is 34.9 Å². The van der Waals surface area contributed by atoms with E-state index in [1.165, 1.54) is 17.4 Å². The van der Waals surface area contributed by atoms with Crippen LogP contribution < -0.4 is 0 Å². The van der Waals surface area contributed by atoms with Crippen LogP contribution in [0, 0.1) is 5.82 Å². The van der Waals surface area contributed by atoms with E-state index in [1.807, 2.05) is 0 Å². The van der Waals surface area contributed by atoms with Gasteiger partial charge in [0.15, 0.2) is 0 Å². The van der Waals surface area contributed by atoms with Gasteiger partial charge < -0.3 is 9.42 Å². The molecule has 0 atom stereocenters. The highest BCUT2D eigenvalue weighted by Crippen LogP contribution is 2.35. The fourth-order valence-corrected chi connectivity index (χ4v) is 4.10. The Morgan fingerprint density at radius 3 is 2.79 bits per heavy atom. The lowest BCUT2D eigenvalue weighted by Crippen LogP contribution is -2.36. The van der Waals surface area contributed by atoms with Crippen molar-refractivity contribution in [2.45, 2.75) is 25.6 Å². The first-order chi connectivity index (χ1) is 13.3. The van der Waals surface area contributed by atoms with Crippen LogP contribution in [0.4, 0.5) is 17.6 Å². The summed E-state index contributed by atoms with van der Waals surface area (Å²) in [5, 5.41) is 3.40. The molecule has 2 aromatic heterocycles. The van der Waals surface area contributed by atoms with Crippen LogP contribution in [0.1, 0.15) is 21.9 Å². The summed E-state index contributed by atoms with van der Waals surface area (Å²) in [4.78, 5) is 18.9. The number of rotatable bonds is 3. The van der Waals surface area contributed by atoms with E-state index in [-0.39, 0.29) is 18.2 Å². The van der Waals surface area contributed by atoms with Crippen molar-refractivity contribution in [3.8, 4) is 10.7 Å². The summed E-state index contributed by atoms with van der Waals surface area (Å²) in [6.07, 6.45) is -4.18. The van der Waals surface area contributed by atoms with Gasteiger partial charge in [-0.15, -0.1) is 11.3 Å². The highest BCUT2D eigenvalue weighted by Gasteiger charge is 2.38. The summed E-state index contributed by atoms with van der Waals surface area (Å²) in [7, 11) is 0. The Bertz CT molecular complexity index is 1030. The van der Waals surface area contributed by atoms with Crippen molar-refractivity contribution in [1.29, 1.82) is 0 Å². The van der Waals surface area contributed by atoms with Gasteiger partial charge in [0.05, 0.1) is 11.3 Å². The van der Waals surface area contributed by atoms with E-state index in [1.54, 1.807) is 29.2 Å².